The van der Waals surface area contributed by atoms with Crippen molar-refractivity contribution < 1.29 is 32.7 Å². The lowest BCUT2D eigenvalue weighted by atomic mass is 9.72. The van der Waals surface area contributed by atoms with Crippen molar-refractivity contribution in [3.05, 3.63) is 105 Å². The number of allylic oxidation sites excluding steroid dienone is 1. The van der Waals surface area contributed by atoms with Crippen LogP contribution in [0.25, 0.3) is 16.6 Å². The van der Waals surface area contributed by atoms with Crippen LogP contribution < -0.4 is 29.3 Å². The number of amides is 1. The van der Waals surface area contributed by atoms with E-state index in [1.54, 1.807) is 12.3 Å². The van der Waals surface area contributed by atoms with Crippen LogP contribution in [0.1, 0.15) is 88.6 Å². The van der Waals surface area contributed by atoms with Crippen LogP contribution in [0.15, 0.2) is 83.4 Å². The number of carbonyl (C=O) groups is 1. The van der Waals surface area contributed by atoms with E-state index in [4.69, 9.17) is 26.1 Å². The van der Waals surface area contributed by atoms with Crippen molar-refractivity contribution in [1.82, 2.24) is 19.6 Å². The van der Waals surface area contributed by atoms with E-state index < -0.39 is 37.0 Å². The molecule has 2 aromatic heterocycles. The summed E-state index contributed by atoms with van der Waals surface area (Å²) in [6.07, 6.45) is 7.23. The molecule has 0 radical (unpaired) electrons. The van der Waals surface area contributed by atoms with E-state index in [-0.39, 0.29) is 47.1 Å². The summed E-state index contributed by atoms with van der Waals surface area (Å²) in [4.78, 5) is 40.5. The van der Waals surface area contributed by atoms with Gasteiger partial charge in [0.2, 0.25) is 5.88 Å². The predicted molar refractivity (Wildman–Crippen MR) is 268 cm³/mol. The monoisotopic (exact) mass is 978 g/mol. The zero-order chi connectivity index (χ0) is 48.4. The van der Waals surface area contributed by atoms with Crippen LogP contribution in [0, 0.1) is 21.4 Å². The molecule has 3 aromatic carbocycles. The molecular formula is C51H59ClN8O8S. The van der Waals surface area contributed by atoms with Crippen molar-refractivity contribution in [1.29, 1.82) is 0 Å². The number of H-pyrrole nitrogens is 1. The van der Waals surface area contributed by atoms with Crippen molar-refractivity contribution in [3.8, 4) is 11.6 Å². The van der Waals surface area contributed by atoms with Crippen molar-refractivity contribution in [2.75, 3.05) is 61.0 Å². The van der Waals surface area contributed by atoms with Crippen LogP contribution in [0.2, 0.25) is 5.02 Å². The van der Waals surface area contributed by atoms with Gasteiger partial charge in [0.05, 0.1) is 39.3 Å². The number of nitrogens with zero attached hydrogens (tertiary/aromatic N) is 5. The Labute approximate surface area is 407 Å². The zero-order valence-electron chi connectivity index (χ0n) is 39.4. The highest BCUT2D eigenvalue weighted by Crippen LogP contribution is 2.46. The quantitative estimate of drug-likeness (QED) is 0.0765. The number of aliphatic hydroxyl groups is 1. The number of fused-ring (bicyclic) bond motifs is 3. The van der Waals surface area contributed by atoms with E-state index in [2.05, 4.69) is 50.8 Å². The summed E-state index contributed by atoms with van der Waals surface area (Å²) in [7, 11) is -4.69. The molecule has 0 bridgehead atoms. The first-order valence-corrected chi connectivity index (χ1v) is 25.8. The van der Waals surface area contributed by atoms with E-state index >= 15 is 0 Å². The van der Waals surface area contributed by atoms with Crippen molar-refractivity contribution >= 4 is 72.6 Å². The second-order valence-corrected chi connectivity index (χ2v) is 22.7. The molecular weight excluding hydrogens is 920 g/mol. The van der Waals surface area contributed by atoms with Gasteiger partial charge in [-0.15, -0.1) is 0 Å². The van der Waals surface area contributed by atoms with Gasteiger partial charge < -0.3 is 34.7 Å². The molecule has 1 saturated heterocycles. The number of nitrogens with one attached hydrogen (secondary N) is 3. The molecule has 0 unspecified atom stereocenters. The van der Waals surface area contributed by atoms with E-state index in [0.717, 1.165) is 74.1 Å². The van der Waals surface area contributed by atoms with Gasteiger partial charge >= 0.3 is 0 Å². The van der Waals surface area contributed by atoms with Crippen molar-refractivity contribution in [2.24, 2.45) is 11.3 Å². The molecule has 18 heteroatoms. The van der Waals surface area contributed by atoms with Gasteiger partial charge in [0.1, 0.15) is 24.0 Å². The summed E-state index contributed by atoms with van der Waals surface area (Å²) in [6.45, 7) is 12.9. The SMILES string of the molecule is C[C@@H]1CN(c2cc(N3CCN(CC4=C(c5ccc(Cl)cc5)CC(C)(C)CC4)CC3)ccc2C(=O)NS(=O)(=O)c2cc3c(c([N+](=O)[O-])c2)N[C@H](C2CCC(C)(O)CC2)CO3)c2cc3cc[nH]c3nc2O1. The van der Waals surface area contributed by atoms with Gasteiger partial charge in [0, 0.05) is 67.1 Å². The Bertz CT molecular complexity index is 2960. The van der Waals surface area contributed by atoms with Gasteiger partial charge in [0.15, 0.2) is 11.4 Å². The molecule has 69 heavy (non-hydrogen) atoms. The van der Waals surface area contributed by atoms with E-state index in [9.17, 15) is 28.4 Å². The topological polar surface area (TPSA) is 195 Å². The van der Waals surface area contributed by atoms with Crippen molar-refractivity contribution in [3.63, 3.8) is 0 Å². The van der Waals surface area contributed by atoms with Gasteiger partial charge in [-0.05, 0) is 124 Å². The van der Waals surface area contributed by atoms with Crippen LogP contribution in [-0.2, 0) is 10.0 Å². The summed E-state index contributed by atoms with van der Waals surface area (Å²) < 4.78 is 42.9. The Balaban J connectivity index is 0.928. The lowest BCUT2D eigenvalue weighted by molar-refractivity contribution is -0.384. The Hall–Kier alpha value is -5.88. The molecule has 5 aliphatic rings. The van der Waals surface area contributed by atoms with Crippen molar-refractivity contribution in [2.45, 2.75) is 95.3 Å². The molecule has 16 nitrogen and oxygen atoms in total. The number of piperazine rings is 1. The molecule has 4 N–H and O–H groups in total. The number of benzene rings is 3. The number of aromatic amines is 1. The highest BCUT2D eigenvalue weighted by Gasteiger charge is 2.39. The number of carbonyl (C=O) groups excluding carboxylic acids is 1. The fraction of sp³-hybridized carbons (Fsp3) is 0.451. The first-order chi connectivity index (χ1) is 32.9. The Kier molecular flexibility index (Phi) is 12.3. The maximum atomic E-state index is 14.5. The third-order valence-electron chi connectivity index (χ3n) is 14.8. The molecule has 3 aliphatic heterocycles. The number of rotatable bonds is 10. The first kappa shape index (κ1) is 46.8. The molecule has 1 saturated carbocycles. The van der Waals surface area contributed by atoms with Crippen LogP contribution in [0.5, 0.6) is 11.6 Å². The fourth-order valence-corrected chi connectivity index (χ4v) is 11.9. The van der Waals surface area contributed by atoms with Gasteiger partial charge in [0.25, 0.3) is 21.6 Å². The molecule has 364 valence electrons. The second-order valence-electron chi connectivity index (χ2n) is 20.6. The van der Waals surface area contributed by atoms with E-state index in [1.807, 2.05) is 55.1 Å². The number of sulfonamides is 1. The third kappa shape index (κ3) is 9.70. The molecule has 5 heterocycles. The zero-order valence-corrected chi connectivity index (χ0v) is 41.0. The lowest BCUT2D eigenvalue weighted by Crippen LogP contribution is -2.47. The standard InChI is InChI=1S/C51H59ClN8O8S/c1-31-28-59(44-23-34-14-18-53-47(34)55-49(44)68-31)42-24-37(58-21-19-57(20-22-58)29-35-11-15-50(2,3)27-40(35)32-5-7-36(52)8-6-32)9-10-39(42)48(61)56-69(65,66)38-25-43(60(63)64)46-45(26-38)67-30-41(54-46)33-12-16-51(4,62)17-13-33/h5-10,14,18,23-26,31,33,41,54,62H,11-13,15-17,19-22,27-30H2,1-4H3,(H,53,55)(H,56,61)/t31-,33?,41+,51?/m1/s1. The molecule has 1 amide bonds. The number of pyridine rings is 1. The summed E-state index contributed by atoms with van der Waals surface area (Å²) in [5.74, 6) is -0.437. The van der Waals surface area contributed by atoms with E-state index in [0.29, 0.717) is 55.1 Å². The van der Waals surface area contributed by atoms with Crippen LogP contribution in [-0.4, -0.2) is 103 Å². The summed E-state index contributed by atoms with van der Waals surface area (Å²) in [5.41, 5.74) is 5.83. The van der Waals surface area contributed by atoms with Crippen LogP contribution in [0.4, 0.5) is 28.4 Å². The van der Waals surface area contributed by atoms with Crippen LogP contribution >= 0.6 is 11.6 Å². The highest BCUT2D eigenvalue weighted by molar-refractivity contribution is 7.90. The molecule has 2 aliphatic carbocycles. The molecule has 2 atom stereocenters. The number of anilines is 4. The first-order valence-electron chi connectivity index (χ1n) is 23.9. The van der Waals surface area contributed by atoms with E-state index in [1.165, 1.54) is 22.8 Å². The van der Waals surface area contributed by atoms with Crippen LogP contribution in [0.3, 0.4) is 0 Å². The Morgan fingerprint density at radius 2 is 1.75 bits per heavy atom. The molecule has 5 aromatic rings. The van der Waals surface area contributed by atoms with Gasteiger partial charge in [-0.1, -0.05) is 43.2 Å². The average molecular weight is 980 g/mol. The second kappa shape index (κ2) is 18.1. The lowest BCUT2D eigenvalue weighted by Gasteiger charge is -2.40. The molecule has 2 fully saturated rings. The van der Waals surface area contributed by atoms with Gasteiger partial charge in [-0.25, -0.2) is 13.1 Å². The van der Waals surface area contributed by atoms with Gasteiger partial charge in [-0.3, -0.25) is 19.8 Å². The number of nitro benzene ring substituents is 1. The summed E-state index contributed by atoms with van der Waals surface area (Å²) >= 11 is 6.28. The summed E-state index contributed by atoms with van der Waals surface area (Å²) in [6, 6.07) is 19.4. The number of aromatic nitrogens is 2. The number of hydrogen-bond donors (Lipinski definition) is 4. The van der Waals surface area contributed by atoms with Gasteiger partial charge in [-0.2, -0.15) is 4.98 Å². The Morgan fingerprint density at radius 3 is 2.49 bits per heavy atom. The number of nitro groups is 1. The minimum absolute atomic E-state index is 0.00473. The molecule has 10 rings (SSSR count). The minimum atomic E-state index is -4.69. The molecule has 0 spiro atoms. The average Bonchev–Trinajstić information content (AvgIpc) is 3.78. The number of halogens is 1. The largest absolute Gasteiger partial charge is 0.489 e. The smallest absolute Gasteiger partial charge is 0.297 e. The summed E-state index contributed by atoms with van der Waals surface area (Å²) in [5, 5.41) is 27.8. The number of ether oxygens (including phenoxy) is 2. The Morgan fingerprint density at radius 1 is 1.00 bits per heavy atom. The third-order valence-corrected chi connectivity index (χ3v) is 16.3. The highest BCUT2D eigenvalue weighted by atomic mass is 35.5. The number of hydrogen-bond acceptors (Lipinski definition) is 13. The normalized spacial score (nSPS) is 23.9. The predicted octanol–water partition coefficient (Wildman–Crippen LogP) is 9.06. The maximum absolute atomic E-state index is 14.5. The fourth-order valence-electron chi connectivity index (χ4n) is 10.8. The minimum Gasteiger partial charge on any atom is -0.489 e. The maximum Gasteiger partial charge on any atom is 0.297 e.